The van der Waals surface area contributed by atoms with Crippen molar-refractivity contribution in [2.75, 3.05) is 0 Å². The molecule has 0 saturated heterocycles. The summed E-state index contributed by atoms with van der Waals surface area (Å²) in [7, 11) is 0. The van der Waals surface area contributed by atoms with Crippen LogP contribution in [0.1, 0.15) is 10.8 Å². The molecule has 3 aromatic rings. The highest BCUT2D eigenvalue weighted by Gasteiger charge is 2.12. The second-order valence-electron chi connectivity index (χ2n) is 4.35. The molecule has 0 aliphatic carbocycles. The second-order valence-corrected chi connectivity index (χ2v) is 6.05. The zero-order valence-corrected chi connectivity index (χ0v) is 13.4. The number of nitriles is 1. The van der Waals surface area contributed by atoms with E-state index in [1.807, 2.05) is 11.4 Å². The zero-order valence-electron chi connectivity index (χ0n) is 11.1. The SMILES string of the molecule is N#CC(=Cc1ccco1)c1nc(-c2ccc(Cl)cc2Cl)cs1. The Hall–Kier alpha value is -2.06. The molecule has 2 aromatic heterocycles. The van der Waals surface area contributed by atoms with Gasteiger partial charge in [-0.25, -0.2) is 4.98 Å². The van der Waals surface area contributed by atoms with Crippen molar-refractivity contribution in [3.63, 3.8) is 0 Å². The minimum absolute atomic E-state index is 0.441. The van der Waals surface area contributed by atoms with E-state index in [1.54, 1.807) is 36.6 Å². The van der Waals surface area contributed by atoms with Crippen molar-refractivity contribution in [2.45, 2.75) is 0 Å². The van der Waals surface area contributed by atoms with Crippen LogP contribution in [0.25, 0.3) is 22.9 Å². The third kappa shape index (κ3) is 3.07. The van der Waals surface area contributed by atoms with Gasteiger partial charge >= 0.3 is 0 Å². The lowest BCUT2D eigenvalue weighted by atomic mass is 10.2. The Labute approximate surface area is 141 Å². The van der Waals surface area contributed by atoms with Crippen LogP contribution in [-0.2, 0) is 0 Å². The van der Waals surface area contributed by atoms with E-state index in [1.165, 1.54) is 11.3 Å². The molecular formula is C16H8Cl2N2OS. The molecule has 3 rings (SSSR count). The van der Waals surface area contributed by atoms with E-state index in [0.717, 1.165) is 5.56 Å². The van der Waals surface area contributed by atoms with Crippen LogP contribution in [0, 0.1) is 11.3 Å². The summed E-state index contributed by atoms with van der Waals surface area (Å²) in [6.07, 6.45) is 3.22. The summed E-state index contributed by atoms with van der Waals surface area (Å²) in [5.41, 5.74) is 1.93. The monoisotopic (exact) mass is 346 g/mol. The van der Waals surface area contributed by atoms with Crippen LogP contribution in [0.2, 0.25) is 10.0 Å². The Morgan fingerprint density at radius 3 is 2.86 bits per heavy atom. The minimum Gasteiger partial charge on any atom is -0.465 e. The fraction of sp³-hybridized carbons (Fsp3) is 0. The van der Waals surface area contributed by atoms with Gasteiger partial charge in [0.25, 0.3) is 0 Å². The van der Waals surface area contributed by atoms with Gasteiger partial charge in [-0.3, -0.25) is 0 Å². The van der Waals surface area contributed by atoms with Crippen molar-refractivity contribution in [2.24, 2.45) is 0 Å². The first-order valence-electron chi connectivity index (χ1n) is 6.24. The van der Waals surface area contributed by atoms with Gasteiger partial charge in [0.1, 0.15) is 16.8 Å². The van der Waals surface area contributed by atoms with E-state index in [2.05, 4.69) is 11.1 Å². The van der Waals surface area contributed by atoms with Crippen LogP contribution in [-0.4, -0.2) is 4.98 Å². The van der Waals surface area contributed by atoms with Crippen molar-refractivity contribution >= 4 is 46.2 Å². The van der Waals surface area contributed by atoms with Crippen LogP contribution in [0.4, 0.5) is 0 Å². The number of halogens is 2. The van der Waals surface area contributed by atoms with E-state index >= 15 is 0 Å². The molecule has 0 bridgehead atoms. The number of benzene rings is 1. The first-order valence-corrected chi connectivity index (χ1v) is 7.87. The summed E-state index contributed by atoms with van der Waals surface area (Å²) in [4.78, 5) is 4.48. The van der Waals surface area contributed by atoms with Crippen molar-refractivity contribution in [1.82, 2.24) is 4.98 Å². The van der Waals surface area contributed by atoms with Crippen LogP contribution >= 0.6 is 34.5 Å². The Kier molecular flexibility index (Phi) is 4.30. The van der Waals surface area contributed by atoms with Gasteiger partial charge in [0, 0.05) is 22.0 Å². The smallest absolute Gasteiger partial charge is 0.134 e. The lowest BCUT2D eigenvalue weighted by Gasteiger charge is -2.00. The number of hydrogen-bond donors (Lipinski definition) is 0. The average Bonchev–Trinajstić information content (AvgIpc) is 3.16. The first kappa shape index (κ1) is 14.9. The Balaban J connectivity index is 1.98. The number of nitrogens with zero attached hydrogens (tertiary/aromatic N) is 2. The van der Waals surface area contributed by atoms with Gasteiger partial charge < -0.3 is 4.42 Å². The van der Waals surface area contributed by atoms with E-state index < -0.39 is 0 Å². The summed E-state index contributed by atoms with van der Waals surface area (Å²) < 4.78 is 5.22. The number of rotatable bonds is 3. The van der Waals surface area contributed by atoms with Crippen LogP contribution < -0.4 is 0 Å². The largest absolute Gasteiger partial charge is 0.465 e. The van der Waals surface area contributed by atoms with Gasteiger partial charge in [0.2, 0.25) is 0 Å². The quantitative estimate of drug-likeness (QED) is 0.565. The highest BCUT2D eigenvalue weighted by molar-refractivity contribution is 7.11. The molecule has 108 valence electrons. The maximum Gasteiger partial charge on any atom is 0.134 e. The van der Waals surface area contributed by atoms with Crippen molar-refractivity contribution in [3.8, 4) is 17.3 Å². The summed E-state index contributed by atoms with van der Waals surface area (Å²) in [6.45, 7) is 0. The van der Waals surface area contributed by atoms with Crippen LogP contribution in [0.5, 0.6) is 0 Å². The predicted molar refractivity (Wildman–Crippen MR) is 89.8 cm³/mol. The highest BCUT2D eigenvalue weighted by Crippen LogP contribution is 2.32. The highest BCUT2D eigenvalue weighted by atomic mass is 35.5. The fourth-order valence-corrected chi connectivity index (χ4v) is 3.17. The van der Waals surface area contributed by atoms with Gasteiger partial charge in [-0.15, -0.1) is 11.3 Å². The lowest BCUT2D eigenvalue weighted by molar-refractivity contribution is 0.557. The number of thiazole rings is 1. The van der Waals surface area contributed by atoms with E-state index in [4.69, 9.17) is 27.6 Å². The van der Waals surface area contributed by atoms with Crippen molar-refractivity contribution in [3.05, 3.63) is 62.8 Å². The van der Waals surface area contributed by atoms with Crippen molar-refractivity contribution in [1.29, 1.82) is 5.26 Å². The van der Waals surface area contributed by atoms with E-state index in [0.29, 0.717) is 32.1 Å². The molecule has 0 N–H and O–H groups in total. The molecular weight excluding hydrogens is 339 g/mol. The molecule has 3 nitrogen and oxygen atoms in total. The molecule has 0 fully saturated rings. The normalized spacial score (nSPS) is 11.4. The average molecular weight is 347 g/mol. The van der Waals surface area contributed by atoms with E-state index in [9.17, 15) is 5.26 Å². The summed E-state index contributed by atoms with van der Waals surface area (Å²) in [5, 5.41) is 12.9. The zero-order chi connectivity index (χ0) is 15.5. The summed E-state index contributed by atoms with van der Waals surface area (Å²) >= 11 is 13.5. The number of furan rings is 1. The van der Waals surface area contributed by atoms with Gasteiger partial charge in [-0.05, 0) is 30.3 Å². The summed E-state index contributed by atoms with van der Waals surface area (Å²) in [5.74, 6) is 0.609. The van der Waals surface area contributed by atoms with Gasteiger partial charge in [-0.1, -0.05) is 23.2 Å². The third-order valence-electron chi connectivity index (χ3n) is 2.89. The molecule has 0 atom stereocenters. The first-order chi connectivity index (χ1) is 10.7. The van der Waals surface area contributed by atoms with Gasteiger partial charge in [-0.2, -0.15) is 5.26 Å². The van der Waals surface area contributed by atoms with Gasteiger partial charge in [0.05, 0.1) is 22.6 Å². The van der Waals surface area contributed by atoms with E-state index in [-0.39, 0.29) is 0 Å². The molecule has 0 amide bonds. The van der Waals surface area contributed by atoms with Crippen LogP contribution in [0.15, 0.2) is 46.4 Å². The third-order valence-corrected chi connectivity index (χ3v) is 4.32. The molecule has 0 aliphatic rings. The van der Waals surface area contributed by atoms with Gasteiger partial charge in [0.15, 0.2) is 0 Å². The maximum absolute atomic E-state index is 9.31. The fourth-order valence-electron chi connectivity index (χ4n) is 1.88. The standard InChI is InChI=1S/C16H8Cl2N2OS/c17-11-3-4-13(14(18)7-11)15-9-22-16(20-15)10(8-19)6-12-2-1-5-21-12/h1-7,9H. The summed E-state index contributed by atoms with van der Waals surface area (Å²) in [6, 6.07) is 10.9. The Morgan fingerprint density at radius 1 is 1.32 bits per heavy atom. The molecule has 0 radical (unpaired) electrons. The number of hydrogen-bond acceptors (Lipinski definition) is 4. The van der Waals surface area contributed by atoms with Crippen molar-refractivity contribution < 1.29 is 4.42 Å². The molecule has 0 unspecified atom stereocenters. The second kappa shape index (κ2) is 6.37. The maximum atomic E-state index is 9.31. The molecule has 1 aromatic carbocycles. The minimum atomic E-state index is 0.441. The molecule has 2 heterocycles. The Morgan fingerprint density at radius 2 is 2.18 bits per heavy atom. The molecule has 0 saturated carbocycles. The topological polar surface area (TPSA) is 49.8 Å². The lowest BCUT2D eigenvalue weighted by Crippen LogP contribution is -1.83. The molecule has 22 heavy (non-hydrogen) atoms. The number of aromatic nitrogens is 1. The molecule has 0 aliphatic heterocycles. The Bertz CT molecular complexity index is 876. The number of allylic oxidation sites excluding steroid dienone is 1. The van der Waals surface area contributed by atoms with Crippen LogP contribution in [0.3, 0.4) is 0 Å². The molecule has 0 spiro atoms. The predicted octanol–water partition coefficient (Wildman–Crippen LogP) is 5.77. The molecule has 6 heteroatoms.